The zero-order valence-electron chi connectivity index (χ0n) is 10.7. The molecule has 0 saturated carbocycles. The maximum absolute atomic E-state index is 11.6. The molecule has 0 fully saturated rings. The van der Waals surface area contributed by atoms with Gasteiger partial charge in [0.1, 0.15) is 6.04 Å². The molecule has 0 spiro atoms. The smallest absolute Gasteiger partial charge is 0.240 e. The van der Waals surface area contributed by atoms with Gasteiger partial charge in [-0.15, -0.1) is 0 Å². The van der Waals surface area contributed by atoms with Crippen LogP contribution in [0.5, 0.6) is 0 Å². The van der Waals surface area contributed by atoms with Gasteiger partial charge in [-0.2, -0.15) is 0 Å². The molecule has 1 atom stereocenters. The van der Waals surface area contributed by atoms with Crippen LogP contribution in [0.25, 0.3) is 0 Å². The minimum atomic E-state index is -0.827. The summed E-state index contributed by atoms with van der Waals surface area (Å²) >= 11 is 12.1. The van der Waals surface area contributed by atoms with Crippen LogP contribution in [-0.2, 0) is 16.0 Å². The molecule has 0 aliphatic rings. The number of carbonyl (C=O) groups is 2. The summed E-state index contributed by atoms with van der Waals surface area (Å²) in [5.41, 5.74) is 5.89. The fourth-order valence-electron chi connectivity index (χ4n) is 1.49. The van der Waals surface area contributed by atoms with Gasteiger partial charge in [-0.05, 0) is 17.7 Å². The average molecular weight is 303 g/mol. The molecule has 1 aromatic rings. The standard InChI is InChI=1S/C13H16Cl2N2O2/c1-7(2)13(19)17-11(12(16)18)6-8-9(14)4-3-5-10(8)15/h3-5,7,11H,6H2,1-2H3,(H2,16,18)(H,17,19)/t11-/m0/s1. The van der Waals surface area contributed by atoms with Crippen LogP contribution in [0.4, 0.5) is 0 Å². The van der Waals surface area contributed by atoms with Crippen molar-refractivity contribution < 1.29 is 9.59 Å². The molecule has 0 radical (unpaired) electrons. The fraction of sp³-hybridized carbons (Fsp3) is 0.385. The van der Waals surface area contributed by atoms with Gasteiger partial charge in [-0.3, -0.25) is 9.59 Å². The monoisotopic (exact) mass is 302 g/mol. The summed E-state index contributed by atoms with van der Waals surface area (Å²) in [5, 5.41) is 3.47. The molecule has 1 rings (SSSR count). The highest BCUT2D eigenvalue weighted by molar-refractivity contribution is 6.36. The van der Waals surface area contributed by atoms with Crippen molar-refractivity contribution in [2.45, 2.75) is 26.3 Å². The van der Waals surface area contributed by atoms with Gasteiger partial charge in [0, 0.05) is 22.4 Å². The Hall–Kier alpha value is -1.26. The molecule has 6 heteroatoms. The van der Waals surface area contributed by atoms with Crippen LogP contribution in [-0.4, -0.2) is 17.9 Å². The highest BCUT2D eigenvalue weighted by atomic mass is 35.5. The van der Waals surface area contributed by atoms with Crippen molar-refractivity contribution in [3.05, 3.63) is 33.8 Å². The number of hydrogen-bond donors (Lipinski definition) is 2. The van der Waals surface area contributed by atoms with E-state index >= 15 is 0 Å². The van der Waals surface area contributed by atoms with Gasteiger partial charge in [0.25, 0.3) is 0 Å². The summed E-state index contributed by atoms with van der Waals surface area (Å²) in [7, 11) is 0. The van der Waals surface area contributed by atoms with E-state index in [2.05, 4.69) is 5.32 Å². The summed E-state index contributed by atoms with van der Waals surface area (Å²) in [4.78, 5) is 23.0. The first-order valence-corrected chi connectivity index (χ1v) is 6.61. The zero-order chi connectivity index (χ0) is 14.6. The van der Waals surface area contributed by atoms with Gasteiger partial charge in [-0.25, -0.2) is 0 Å². The number of halogens is 2. The largest absolute Gasteiger partial charge is 0.368 e. The van der Waals surface area contributed by atoms with Crippen LogP contribution in [0.15, 0.2) is 18.2 Å². The number of hydrogen-bond acceptors (Lipinski definition) is 2. The Labute approximate surface area is 122 Å². The van der Waals surface area contributed by atoms with Gasteiger partial charge in [0.2, 0.25) is 11.8 Å². The first-order chi connectivity index (χ1) is 8.82. The lowest BCUT2D eigenvalue weighted by atomic mass is 10.0. The highest BCUT2D eigenvalue weighted by Gasteiger charge is 2.22. The molecule has 0 unspecified atom stereocenters. The Kier molecular flexibility index (Phi) is 5.63. The number of nitrogens with two attached hydrogens (primary N) is 1. The quantitative estimate of drug-likeness (QED) is 0.875. The third-order valence-corrected chi connectivity index (χ3v) is 3.36. The van der Waals surface area contributed by atoms with Crippen LogP contribution in [0.1, 0.15) is 19.4 Å². The Bertz CT molecular complexity index is 469. The van der Waals surface area contributed by atoms with Gasteiger partial charge in [0.15, 0.2) is 0 Å². The van der Waals surface area contributed by atoms with Gasteiger partial charge in [0.05, 0.1) is 0 Å². The number of primary amides is 1. The second-order valence-corrected chi connectivity index (χ2v) is 5.34. The molecule has 2 amide bonds. The van der Waals surface area contributed by atoms with Crippen molar-refractivity contribution in [1.82, 2.24) is 5.32 Å². The Morgan fingerprint density at radius 1 is 1.26 bits per heavy atom. The van der Waals surface area contributed by atoms with Crippen molar-refractivity contribution in [1.29, 1.82) is 0 Å². The highest BCUT2D eigenvalue weighted by Crippen LogP contribution is 2.25. The predicted molar refractivity (Wildman–Crippen MR) is 76.1 cm³/mol. The third kappa shape index (κ3) is 4.40. The molecule has 0 bridgehead atoms. The topological polar surface area (TPSA) is 72.2 Å². The van der Waals surface area contributed by atoms with Crippen LogP contribution in [0.3, 0.4) is 0 Å². The van der Waals surface area contributed by atoms with Crippen molar-refractivity contribution in [3.8, 4) is 0 Å². The van der Waals surface area contributed by atoms with Gasteiger partial charge < -0.3 is 11.1 Å². The molecular formula is C13H16Cl2N2O2. The fourth-order valence-corrected chi connectivity index (χ4v) is 2.04. The molecule has 0 heterocycles. The molecular weight excluding hydrogens is 287 g/mol. The lowest BCUT2D eigenvalue weighted by Crippen LogP contribution is -2.47. The number of rotatable bonds is 5. The van der Waals surface area contributed by atoms with E-state index < -0.39 is 11.9 Å². The minimum absolute atomic E-state index is 0.173. The average Bonchev–Trinajstić information content (AvgIpc) is 2.31. The second kappa shape index (κ2) is 6.78. The summed E-state index contributed by atoms with van der Waals surface area (Å²) in [5.74, 6) is -1.10. The molecule has 0 saturated heterocycles. The predicted octanol–water partition coefficient (Wildman–Crippen LogP) is 2.16. The van der Waals surface area contributed by atoms with E-state index in [-0.39, 0.29) is 18.2 Å². The molecule has 1 aromatic carbocycles. The normalized spacial score (nSPS) is 12.3. The number of benzene rings is 1. The molecule has 0 aliphatic carbocycles. The number of carbonyl (C=O) groups excluding carboxylic acids is 2. The van der Waals surface area contributed by atoms with E-state index in [0.29, 0.717) is 15.6 Å². The Morgan fingerprint density at radius 2 is 1.79 bits per heavy atom. The molecule has 0 aliphatic heterocycles. The third-order valence-electron chi connectivity index (χ3n) is 2.65. The van der Waals surface area contributed by atoms with Crippen molar-refractivity contribution in [2.75, 3.05) is 0 Å². The lowest BCUT2D eigenvalue weighted by Gasteiger charge is -2.18. The maximum Gasteiger partial charge on any atom is 0.240 e. The molecule has 4 nitrogen and oxygen atoms in total. The first kappa shape index (κ1) is 15.8. The second-order valence-electron chi connectivity index (χ2n) is 4.52. The molecule has 0 aromatic heterocycles. The summed E-state index contributed by atoms with van der Waals surface area (Å²) in [6, 6.07) is 4.23. The Morgan fingerprint density at radius 3 is 2.21 bits per heavy atom. The summed E-state index contributed by atoms with van der Waals surface area (Å²) in [6.07, 6.45) is 0.173. The molecule has 19 heavy (non-hydrogen) atoms. The number of nitrogens with one attached hydrogen (secondary N) is 1. The van der Waals surface area contributed by atoms with E-state index in [1.165, 1.54) is 0 Å². The maximum atomic E-state index is 11.6. The van der Waals surface area contributed by atoms with E-state index in [1.807, 2.05) is 0 Å². The van der Waals surface area contributed by atoms with Crippen LogP contribution in [0, 0.1) is 5.92 Å². The molecule has 3 N–H and O–H groups in total. The van der Waals surface area contributed by atoms with Crippen molar-refractivity contribution >= 4 is 35.0 Å². The molecule has 104 valence electrons. The van der Waals surface area contributed by atoms with E-state index in [4.69, 9.17) is 28.9 Å². The number of amides is 2. The van der Waals surface area contributed by atoms with E-state index in [1.54, 1.807) is 32.0 Å². The minimum Gasteiger partial charge on any atom is -0.368 e. The lowest BCUT2D eigenvalue weighted by molar-refractivity contribution is -0.129. The van der Waals surface area contributed by atoms with Gasteiger partial charge in [-0.1, -0.05) is 43.1 Å². The first-order valence-electron chi connectivity index (χ1n) is 5.85. The summed E-state index contributed by atoms with van der Waals surface area (Å²) < 4.78 is 0. The summed E-state index contributed by atoms with van der Waals surface area (Å²) in [6.45, 7) is 3.46. The zero-order valence-corrected chi connectivity index (χ0v) is 12.3. The Balaban J connectivity index is 2.91. The van der Waals surface area contributed by atoms with Crippen molar-refractivity contribution in [3.63, 3.8) is 0 Å². The van der Waals surface area contributed by atoms with Crippen LogP contribution in [0.2, 0.25) is 10.0 Å². The van der Waals surface area contributed by atoms with E-state index in [9.17, 15) is 9.59 Å². The van der Waals surface area contributed by atoms with Crippen molar-refractivity contribution in [2.24, 2.45) is 11.7 Å². The van der Waals surface area contributed by atoms with Crippen LogP contribution < -0.4 is 11.1 Å². The van der Waals surface area contributed by atoms with E-state index in [0.717, 1.165) is 0 Å². The van der Waals surface area contributed by atoms with Crippen LogP contribution >= 0.6 is 23.2 Å². The van der Waals surface area contributed by atoms with Gasteiger partial charge >= 0.3 is 0 Å². The SMILES string of the molecule is CC(C)C(=O)N[C@@H](Cc1c(Cl)cccc1Cl)C(N)=O.